The van der Waals surface area contributed by atoms with Crippen molar-refractivity contribution in [2.24, 2.45) is 0 Å². The fourth-order valence-electron chi connectivity index (χ4n) is 3.25. The molecule has 1 atom stereocenters. The number of hydrogen-bond donors (Lipinski definition) is 1. The van der Waals surface area contributed by atoms with Gasteiger partial charge in [-0.05, 0) is 18.4 Å². The van der Waals surface area contributed by atoms with Gasteiger partial charge >= 0.3 is 0 Å². The van der Waals surface area contributed by atoms with Crippen molar-refractivity contribution in [2.75, 3.05) is 39.4 Å². The van der Waals surface area contributed by atoms with Gasteiger partial charge in [-0.25, -0.2) is 0 Å². The van der Waals surface area contributed by atoms with Crippen molar-refractivity contribution >= 4 is 5.91 Å². The van der Waals surface area contributed by atoms with E-state index >= 15 is 0 Å². The van der Waals surface area contributed by atoms with Crippen LogP contribution in [0.15, 0.2) is 30.3 Å². The standard InChI is InChI=1S/C17H24N2O3/c20-15-6-8-18(9-7-15)16(14-4-2-1-3-5-14)17(21)19-10-12-22-13-11-19/h1-5,15-16,20H,6-13H2/t16-/m0/s1. The quantitative estimate of drug-likeness (QED) is 0.907. The molecule has 120 valence electrons. The van der Waals surface area contributed by atoms with Gasteiger partial charge in [-0.1, -0.05) is 30.3 Å². The fraction of sp³-hybridized carbons (Fsp3) is 0.588. The molecular weight excluding hydrogens is 280 g/mol. The zero-order valence-electron chi connectivity index (χ0n) is 12.9. The summed E-state index contributed by atoms with van der Waals surface area (Å²) < 4.78 is 5.35. The number of carbonyl (C=O) groups is 1. The molecule has 5 heteroatoms. The van der Waals surface area contributed by atoms with Gasteiger partial charge in [0.15, 0.2) is 0 Å². The average molecular weight is 304 g/mol. The van der Waals surface area contributed by atoms with E-state index in [-0.39, 0.29) is 18.1 Å². The van der Waals surface area contributed by atoms with Crippen LogP contribution in [-0.2, 0) is 9.53 Å². The minimum Gasteiger partial charge on any atom is -0.393 e. The van der Waals surface area contributed by atoms with E-state index in [0.29, 0.717) is 26.3 Å². The predicted octanol–water partition coefficient (Wildman–Crippen LogP) is 1.04. The Morgan fingerprint density at radius 3 is 2.36 bits per heavy atom. The first-order valence-electron chi connectivity index (χ1n) is 8.09. The number of ether oxygens (including phenoxy) is 1. The van der Waals surface area contributed by atoms with Crippen LogP contribution in [0.25, 0.3) is 0 Å². The molecule has 0 radical (unpaired) electrons. The molecule has 2 fully saturated rings. The number of piperidine rings is 1. The molecular formula is C17H24N2O3. The van der Waals surface area contributed by atoms with Crippen LogP contribution in [0.4, 0.5) is 0 Å². The molecule has 2 aliphatic rings. The number of hydrogen-bond acceptors (Lipinski definition) is 4. The Morgan fingerprint density at radius 2 is 1.73 bits per heavy atom. The SMILES string of the molecule is O=C([C@H](c1ccccc1)N1CCC(O)CC1)N1CCOCC1. The Bertz CT molecular complexity index is 480. The summed E-state index contributed by atoms with van der Waals surface area (Å²) in [6, 6.07) is 9.73. The molecule has 22 heavy (non-hydrogen) atoms. The van der Waals surface area contributed by atoms with Crippen LogP contribution in [0.1, 0.15) is 24.4 Å². The van der Waals surface area contributed by atoms with E-state index in [4.69, 9.17) is 4.74 Å². The van der Waals surface area contributed by atoms with Gasteiger partial charge in [0.1, 0.15) is 6.04 Å². The lowest BCUT2D eigenvalue weighted by Crippen LogP contribution is -2.49. The molecule has 2 heterocycles. The summed E-state index contributed by atoms with van der Waals surface area (Å²) in [7, 11) is 0. The third-order valence-electron chi connectivity index (χ3n) is 4.54. The number of aliphatic hydroxyl groups excluding tert-OH is 1. The first kappa shape index (κ1) is 15.5. The summed E-state index contributed by atoms with van der Waals surface area (Å²) in [5.41, 5.74) is 1.04. The van der Waals surface area contributed by atoms with Gasteiger partial charge < -0.3 is 14.7 Å². The maximum Gasteiger partial charge on any atom is 0.244 e. The molecule has 1 aromatic rings. The second-order valence-electron chi connectivity index (χ2n) is 6.02. The van der Waals surface area contributed by atoms with Gasteiger partial charge in [-0.2, -0.15) is 0 Å². The van der Waals surface area contributed by atoms with E-state index in [9.17, 15) is 9.90 Å². The zero-order valence-corrected chi connectivity index (χ0v) is 12.9. The molecule has 0 unspecified atom stereocenters. The number of aliphatic hydroxyl groups is 1. The third-order valence-corrected chi connectivity index (χ3v) is 4.54. The summed E-state index contributed by atoms with van der Waals surface area (Å²) in [5, 5.41) is 9.73. The number of rotatable bonds is 3. The highest BCUT2D eigenvalue weighted by Gasteiger charge is 2.33. The molecule has 1 N–H and O–H groups in total. The van der Waals surface area contributed by atoms with Crippen molar-refractivity contribution < 1.29 is 14.6 Å². The predicted molar refractivity (Wildman–Crippen MR) is 83.4 cm³/mol. The summed E-state index contributed by atoms with van der Waals surface area (Å²) in [6.45, 7) is 4.09. The Balaban J connectivity index is 1.81. The molecule has 0 aromatic heterocycles. The normalized spacial score (nSPS) is 22.5. The molecule has 3 rings (SSSR count). The zero-order chi connectivity index (χ0) is 15.4. The molecule has 0 bridgehead atoms. The average Bonchev–Trinajstić information content (AvgIpc) is 2.58. The van der Waals surface area contributed by atoms with Gasteiger partial charge in [0.05, 0.1) is 19.3 Å². The monoisotopic (exact) mass is 304 g/mol. The molecule has 2 saturated heterocycles. The lowest BCUT2D eigenvalue weighted by molar-refractivity contribution is -0.142. The van der Waals surface area contributed by atoms with Gasteiger partial charge in [0, 0.05) is 26.2 Å². The first-order valence-corrected chi connectivity index (χ1v) is 8.09. The van der Waals surface area contributed by atoms with E-state index in [1.54, 1.807) is 0 Å². The summed E-state index contributed by atoms with van der Waals surface area (Å²) >= 11 is 0. The molecule has 1 aromatic carbocycles. The number of benzene rings is 1. The van der Waals surface area contributed by atoms with E-state index < -0.39 is 0 Å². The van der Waals surface area contributed by atoms with Gasteiger partial charge in [0.2, 0.25) is 5.91 Å². The smallest absolute Gasteiger partial charge is 0.244 e. The molecule has 0 saturated carbocycles. The minimum atomic E-state index is -0.244. The van der Waals surface area contributed by atoms with Crippen LogP contribution in [0.5, 0.6) is 0 Å². The van der Waals surface area contributed by atoms with E-state index in [2.05, 4.69) is 4.90 Å². The van der Waals surface area contributed by atoms with Gasteiger partial charge in [0.25, 0.3) is 0 Å². The molecule has 0 spiro atoms. The van der Waals surface area contributed by atoms with Crippen LogP contribution in [-0.4, -0.2) is 66.3 Å². The molecule has 2 aliphatic heterocycles. The number of morpholine rings is 1. The maximum atomic E-state index is 13.0. The number of nitrogens with zero attached hydrogens (tertiary/aromatic N) is 2. The number of carbonyl (C=O) groups excluding carboxylic acids is 1. The fourth-order valence-corrected chi connectivity index (χ4v) is 3.25. The van der Waals surface area contributed by atoms with Gasteiger partial charge in [-0.3, -0.25) is 9.69 Å². The topological polar surface area (TPSA) is 53.0 Å². The van der Waals surface area contributed by atoms with E-state index in [0.717, 1.165) is 31.5 Å². The number of likely N-dealkylation sites (tertiary alicyclic amines) is 1. The second-order valence-corrected chi connectivity index (χ2v) is 6.02. The summed E-state index contributed by atoms with van der Waals surface area (Å²) in [5.74, 6) is 0.158. The Morgan fingerprint density at radius 1 is 1.09 bits per heavy atom. The summed E-state index contributed by atoms with van der Waals surface area (Å²) in [6.07, 6.45) is 1.24. The highest BCUT2D eigenvalue weighted by atomic mass is 16.5. The first-order chi connectivity index (χ1) is 10.8. The Labute approximate surface area is 131 Å². The van der Waals surface area contributed by atoms with Crippen molar-refractivity contribution in [2.45, 2.75) is 25.0 Å². The van der Waals surface area contributed by atoms with Crippen LogP contribution in [0.3, 0.4) is 0 Å². The van der Waals surface area contributed by atoms with Crippen molar-refractivity contribution in [1.82, 2.24) is 9.80 Å². The van der Waals surface area contributed by atoms with E-state index in [1.807, 2.05) is 35.2 Å². The molecule has 1 amide bonds. The van der Waals surface area contributed by atoms with Crippen molar-refractivity contribution in [1.29, 1.82) is 0 Å². The Kier molecular flexibility index (Phi) is 5.08. The maximum absolute atomic E-state index is 13.0. The highest BCUT2D eigenvalue weighted by Crippen LogP contribution is 2.27. The minimum absolute atomic E-state index is 0.158. The van der Waals surface area contributed by atoms with Crippen LogP contribution in [0.2, 0.25) is 0 Å². The largest absolute Gasteiger partial charge is 0.393 e. The molecule has 5 nitrogen and oxygen atoms in total. The second kappa shape index (κ2) is 7.22. The Hall–Kier alpha value is -1.43. The van der Waals surface area contributed by atoms with Crippen molar-refractivity contribution in [3.63, 3.8) is 0 Å². The lowest BCUT2D eigenvalue weighted by Gasteiger charge is -2.39. The van der Waals surface area contributed by atoms with E-state index in [1.165, 1.54) is 0 Å². The van der Waals surface area contributed by atoms with Crippen LogP contribution in [0, 0.1) is 0 Å². The van der Waals surface area contributed by atoms with Crippen molar-refractivity contribution in [3.05, 3.63) is 35.9 Å². The summed E-state index contributed by atoms with van der Waals surface area (Å²) in [4.78, 5) is 17.2. The van der Waals surface area contributed by atoms with Crippen molar-refractivity contribution in [3.8, 4) is 0 Å². The lowest BCUT2D eigenvalue weighted by atomic mass is 9.99. The van der Waals surface area contributed by atoms with Crippen LogP contribution >= 0.6 is 0 Å². The third kappa shape index (κ3) is 3.48. The number of amides is 1. The van der Waals surface area contributed by atoms with Crippen LogP contribution < -0.4 is 0 Å². The molecule has 0 aliphatic carbocycles. The van der Waals surface area contributed by atoms with Gasteiger partial charge in [-0.15, -0.1) is 0 Å². The highest BCUT2D eigenvalue weighted by molar-refractivity contribution is 5.83.